The van der Waals surface area contributed by atoms with Crippen molar-refractivity contribution in [2.75, 3.05) is 13.7 Å². The minimum absolute atomic E-state index is 0.0539. The van der Waals surface area contributed by atoms with Gasteiger partial charge in [-0.15, -0.1) is 0 Å². The zero-order chi connectivity index (χ0) is 9.82. The molecule has 0 bridgehead atoms. The first-order valence-electron chi connectivity index (χ1n) is 3.17. The molecule has 0 fully saturated rings. The van der Waals surface area contributed by atoms with Crippen molar-refractivity contribution >= 4 is 12.2 Å². The average Bonchev–Trinajstić information content (AvgIpc) is 2.03. The summed E-state index contributed by atoms with van der Waals surface area (Å²) in [6.45, 7) is 0.409. The predicted molar refractivity (Wildman–Crippen MR) is 43.5 cm³/mol. The summed E-state index contributed by atoms with van der Waals surface area (Å²) in [6, 6.07) is 0. The van der Waals surface area contributed by atoms with Crippen molar-refractivity contribution in [3.63, 3.8) is 0 Å². The fourth-order valence-electron chi connectivity index (χ4n) is 0.335. The highest BCUT2D eigenvalue weighted by atomic mass is 16.2. The third-order valence-corrected chi connectivity index (χ3v) is 0.731. The Balaban J connectivity index is 0. The van der Waals surface area contributed by atoms with E-state index in [1.54, 1.807) is 7.05 Å². The van der Waals surface area contributed by atoms with Crippen molar-refractivity contribution in [1.82, 2.24) is 10.6 Å². The molecule has 0 spiro atoms. The number of amides is 1. The lowest BCUT2D eigenvalue weighted by Gasteiger charge is -1.98. The lowest BCUT2D eigenvalue weighted by molar-refractivity contribution is -0.123. The number of carbonyl (C=O) groups is 2. The van der Waals surface area contributed by atoms with Crippen LogP contribution >= 0.6 is 0 Å². The van der Waals surface area contributed by atoms with E-state index < -0.39 is 0 Å². The van der Waals surface area contributed by atoms with Crippen LogP contribution in [0.4, 0.5) is 0 Å². The summed E-state index contributed by atoms with van der Waals surface area (Å²) in [5.74, 6) is -0.251. The van der Waals surface area contributed by atoms with Crippen LogP contribution in [-0.4, -0.2) is 31.0 Å². The molecule has 0 heterocycles. The second kappa shape index (κ2) is 12.2. The molecular formula is C7H12N2O3. The molecule has 0 unspecified atom stereocenters. The Bertz CT molecular complexity index is 163. The van der Waals surface area contributed by atoms with Crippen molar-refractivity contribution in [3.05, 3.63) is 0 Å². The second-order valence-corrected chi connectivity index (χ2v) is 1.63. The van der Waals surface area contributed by atoms with E-state index in [0.717, 1.165) is 0 Å². The van der Waals surface area contributed by atoms with Gasteiger partial charge in [0.15, 0.2) is 0 Å². The molecule has 5 nitrogen and oxygen atoms in total. The standard InChI is InChI=1S/C5H10N2O2.C2H2O/c1-6-4-7-5(9)2-3-8;1-2-3/h3,6H,2,4H2,1H3,(H,7,9);1,3H. The molecule has 0 rings (SSSR count). The topological polar surface area (TPSA) is 78.4 Å². The number of rotatable bonds is 4. The molecule has 0 aromatic carbocycles. The Labute approximate surface area is 71.2 Å². The van der Waals surface area contributed by atoms with E-state index in [1.807, 2.05) is 0 Å². The number of aldehydes is 1. The summed E-state index contributed by atoms with van der Waals surface area (Å²) in [7, 11) is 1.71. The van der Waals surface area contributed by atoms with E-state index in [-0.39, 0.29) is 12.3 Å². The summed E-state index contributed by atoms with van der Waals surface area (Å²) in [5.41, 5.74) is 0. The smallest absolute Gasteiger partial charge is 0.228 e. The van der Waals surface area contributed by atoms with Gasteiger partial charge in [-0.2, -0.15) is 0 Å². The van der Waals surface area contributed by atoms with E-state index in [1.165, 1.54) is 6.11 Å². The third-order valence-electron chi connectivity index (χ3n) is 0.731. The first kappa shape index (κ1) is 13.1. The van der Waals surface area contributed by atoms with Crippen LogP contribution in [0.25, 0.3) is 0 Å². The van der Waals surface area contributed by atoms with Gasteiger partial charge >= 0.3 is 0 Å². The highest BCUT2D eigenvalue weighted by molar-refractivity contribution is 5.87. The summed E-state index contributed by atoms with van der Waals surface area (Å²) in [4.78, 5) is 20.1. The van der Waals surface area contributed by atoms with Crippen molar-refractivity contribution in [1.29, 1.82) is 0 Å². The van der Waals surface area contributed by atoms with Crippen LogP contribution < -0.4 is 10.6 Å². The van der Waals surface area contributed by atoms with Gasteiger partial charge in [-0.25, -0.2) is 0 Å². The highest BCUT2D eigenvalue weighted by Gasteiger charge is 1.94. The minimum atomic E-state index is -0.251. The molecule has 12 heavy (non-hydrogen) atoms. The zero-order valence-electron chi connectivity index (χ0n) is 6.83. The SMILES string of the molecule is C#CO.CNCNC(=O)CC=O. The van der Waals surface area contributed by atoms with Crippen LogP contribution in [0.3, 0.4) is 0 Å². The number of aliphatic hydroxyl groups is 1. The Morgan fingerprint density at radius 3 is 2.58 bits per heavy atom. The Morgan fingerprint density at radius 1 is 1.75 bits per heavy atom. The van der Waals surface area contributed by atoms with E-state index >= 15 is 0 Å². The largest absolute Gasteiger partial charge is 0.462 e. The zero-order valence-corrected chi connectivity index (χ0v) is 6.83. The van der Waals surface area contributed by atoms with Gasteiger partial charge in [0.25, 0.3) is 0 Å². The van der Waals surface area contributed by atoms with Gasteiger partial charge in [-0.3, -0.25) is 4.79 Å². The summed E-state index contributed by atoms with van der Waals surface area (Å²) >= 11 is 0. The van der Waals surface area contributed by atoms with E-state index in [4.69, 9.17) is 5.11 Å². The van der Waals surface area contributed by atoms with E-state index in [2.05, 4.69) is 17.1 Å². The van der Waals surface area contributed by atoms with Gasteiger partial charge in [0.05, 0.1) is 13.1 Å². The molecule has 0 aliphatic rings. The second-order valence-electron chi connectivity index (χ2n) is 1.63. The van der Waals surface area contributed by atoms with Crippen LogP contribution in [0, 0.1) is 12.5 Å². The number of hydrogen-bond donors (Lipinski definition) is 3. The van der Waals surface area contributed by atoms with Gasteiger partial charge in [-0.05, 0) is 7.05 Å². The van der Waals surface area contributed by atoms with Crippen LogP contribution in [-0.2, 0) is 9.59 Å². The molecule has 3 N–H and O–H groups in total. The van der Waals surface area contributed by atoms with Crippen molar-refractivity contribution in [2.24, 2.45) is 0 Å². The van der Waals surface area contributed by atoms with Gasteiger partial charge in [0.1, 0.15) is 12.4 Å². The monoisotopic (exact) mass is 172 g/mol. The first-order chi connectivity index (χ1) is 5.72. The average molecular weight is 172 g/mol. The molecular weight excluding hydrogens is 160 g/mol. The summed E-state index contributed by atoms with van der Waals surface area (Å²) < 4.78 is 0. The van der Waals surface area contributed by atoms with Crippen molar-refractivity contribution < 1.29 is 14.7 Å². The Kier molecular flexibility index (Phi) is 13.3. The quantitative estimate of drug-likeness (QED) is 0.216. The first-order valence-corrected chi connectivity index (χ1v) is 3.17. The Morgan fingerprint density at radius 2 is 2.25 bits per heavy atom. The lowest BCUT2D eigenvalue weighted by Crippen LogP contribution is -2.31. The molecule has 0 aliphatic heterocycles. The number of carbonyl (C=O) groups excluding carboxylic acids is 2. The van der Waals surface area contributed by atoms with Crippen molar-refractivity contribution in [3.8, 4) is 12.5 Å². The molecule has 0 aromatic heterocycles. The molecule has 0 saturated heterocycles. The molecule has 0 aliphatic carbocycles. The van der Waals surface area contributed by atoms with Gasteiger partial charge in [-0.1, -0.05) is 6.42 Å². The van der Waals surface area contributed by atoms with E-state index in [9.17, 15) is 9.59 Å². The summed E-state index contributed by atoms with van der Waals surface area (Å²) in [6.07, 6.45) is 5.92. The number of hydrogen-bond acceptors (Lipinski definition) is 4. The fourth-order valence-corrected chi connectivity index (χ4v) is 0.335. The molecule has 0 aromatic rings. The van der Waals surface area contributed by atoms with Crippen LogP contribution in [0.5, 0.6) is 0 Å². The Hall–Kier alpha value is -1.54. The van der Waals surface area contributed by atoms with Gasteiger partial charge in [0, 0.05) is 0 Å². The molecule has 0 atom stereocenters. The number of nitrogens with one attached hydrogen (secondary N) is 2. The predicted octanol–water partition coefficient (Wildman–Crippen LogP) is -1.18. The fraction of sp³-hybridized carbons (Fsp3) is 0.429. The molecule has 68 valence electrons. The van der Waals surface area contributed by atoms with Gasteiger partial charge in [0.2, 0.25) is 5.91 Å². The molecule has 0 saturated carbocycles. The van der Waals surface area contributed by atoms with Crippen LogP contribution in [0.15, 0.2) is 0 Å². The van der Waals surface area contributed by atoms with E-state index in [0.29, 0.717) is 13.0 Å². The number of aliphatic hydroxyl groups excluding tert-OH is 1. The molecule has 5 heteroatoms. The maximum Gasteiger partial charge on any atom is 0.228 e. The van der Waals surface area contributed by atoms with Crippen LogP contribution in [0.1, 0.15) is 6.42 Å². The third kappa shape index (κ3) is 15.8. The highest BCUT2D eigenvalue weighted by Crippen LogP contribution is 1.68. The van der Waals surface area contributed by atoms with Crippen LogP contribution in [0.2, 0.25) is 0 Å². The maximum absolute atomic E-state index is 10.4. The number of terminal acetylenes is 1. The molecule has 1 amide bonds. The normalized spacial score (nSPS) is 7.00. The van der Waals surface area contributed by atoms with Crippen molar-refractivity contribution in [2.45, 2.75) is 6.42 Å². The maximum atomic E-state index is 10.4. The molecule has 0 radical (unpaired) electrons. The summed E-state index contributed by atoms with van der Waals surface area (Å²) in [5, 5.41) is 12.3. The van der Waals surface area contributed by atoms with Gasteiger partial charge < -0.3 is 20.5 Å². The lowest BCUT2D eigenvalue weighted by atomic mass is 10.4. The minimum Gasteiger partial charge on any atom is -0.462 e.